The van der Waals surface area contributed by atoms with E-state index < -0.39 is 11.6 Å². The van der Waals surface area contributed by atoms with E-state index in [-0.39, 0.29) is 10.6 Å². The molecule has 0 amide bonds. The predicted octanol–water partition coefficient (Wildman–Crippen LogP) is 0.711. The van der Waals surface area contributed by atoms with Gasteiger partial charge in [0.2, 0.25) is 5.78 Å². The van der Waals surface area contributed by atoms with Crippen molar-refractivity contribution in [2.75, 3.05) is 0 Å². The highest BCUT2D eigenvalue weighted by atomic mass is 35.5. The largest absolute Gasteiger partial charge is 0.290 e. The second-order valence-corrected chi connectivity index (χ2v) is 2.30. The molecule has 0 saturated heterocycles. The Labute approximate surface area is 67.6 Å². The van der Waals surface area contributed by atoms with Crippen LogP contribution in [0.15, 0.2) is 22.8 Å². The Morgan fingerprint density at radius 2 is 2.00 bits per heavy atom. The first-order valence-corrected chi connectivity index (χ1v) is 3.10. The molecule has 0 fully saturated rings. The van der Waals surface area contributed by atoms with Crippen LogP contribution in [-0.4, -0.2) is 11.6 Å². The lowest BCUT2D eigenvalue weighted by molar-refractivity contribution is -0.114. The van der Waals surface area contributed by atoms with E-state index in [1.807, 2.05) is 0 Å². The molecule has 0 spiro atoms. The van der Waals surface area contributed by atoms with Crippen molar-refractivity contribution in [1.29, 1.82) is 5.26 Å². The third-order valence-corrected chi connectivity index (χ3v) is 1.42. The summed E-state index contributed by atoms with van der Waals surface area (Å²) in [4.78, 5) is 21.5. The quantitative estimate of drug-likeness (QED) is 0.500. The SMILES string of the molecule is N#CC1=CC(=O)C=C(Cl)C1=O. The molecule has 0 N–H and O–H groups in total. The zero-order valence-electron chi connectivity index (χ0n) is 5.30. The molecule has 1 aliphatic carbocycles. The number of halogens is 1. The van der Waals surface area contributed by atoms with E-state index in [1.54, 1.807) is 6.07 Å². The Morgan fingerprint density at radius 3 is 2.55 bits per heavy atom. The first kappa shape index (κ1) is 7.70. The van der Waals surface area contributed by atoms with Gasteiger partial charge in [-0.25, -0.2) is 0 Å². The number of nitrogens with zero attached hydrogens (tertiary/aromatic N) is 1. The molecular weight excluding hydrogens is 166 g/mol. The number of hydrogen-bond donors (Lipinski definition) is 0. The van der Waals surface area contributed by atoms with Crippen LogP contribution in [0.2, 0.25) is 0 Å². The topological polar surface area (TPSA) is 57.9 Å². The van der Waals surface area contributed by atoms with E-state index in [1.165, 1.54) is 0 Å². The summed E-state index contributed by atoms with van der Waals surface area (Å²) in [5.41, 5.74) is -0.206. The van der Waals surface area contributed by atoms with Crippen LogP contribution in [0.3, 0.4) is 0 Å². The molecule has 0 heterocycles. The first-order chi connectivity index (χ1) is 5.15. The Kier molecular flexibility index (Phi) is 1.88. The van der Waals surface area contributed by atoms with Gasteiger partial charge in [-0.05, 0) is 0 Å². The average Bonchev–Trinajstić information content (AvgIpc) is 1.96. The molecule has 54 valence electrons. The number of rotatable bonds is 0. The third-order valence-electron chi connectivity index (χ3n) is 1.14. The summed E-state index contributed by atoms with van der Waals surface area (Å²) in [6.07, 6.45) is 1.96. The van der Waals surface area contributed by atoms with Crippen LogP contribution in [0.25, 0.3) is 0 Å². The molecule has 0 atom stereocenters. The van der Waals surface area contributed by atoms with Crippen molar-refractivity contribution >= 4 is 23.2 Å². The molecular formula is C7H2ClNO2. The Hall–Kier alpha value is -1.40. The molecule has 3 nitrogen and oxygen atoms in total. The minimum Gasteiger partial charge on any atom is -0.290 e. The van der Waals surface area contributed by atoms with E-state index >= 15 is 0 Å². The fourth-order valence-electron chi connectivity index (χ4n) is 0.652. The van der Waals surface area contributed by atoms with Crippen molar-refractivity contribution in [3.05, 3.63) is 22.8 Å². The van der Waals surface area contributed by atoms with Gasteiger partial charge in [-0.2, -0.15) is 5.26 Å². The molecule has 0 aromatic carbocycles. The molecule has 0 aromatic rings. The number of ketones is 2. The Balaban J connectivity index is 3.13. The van der Waals surface area contributed by atoms with Crippen LogP contribution in [0.5, 0.6) is 0 Å². The zero-order valence-corrected chi connectivity index (χ0v) is 6.05. The van der Waals surface area contributed by atoms with Crippen LogP contribution in [0.1, 0.15) is 0 Å². The van der Waals surface area contributed by atoms with Crippen LogP contribution in [0, 0.1) is 11.3 Å². The second kappa shape index (κ2) is 2.69. The second-order valence-electron chi connectivity index (χ2n) is 1.89. The van der Waals surface area contributed by atoms with E-state index in [0.717, 1.165) is 12.2 Å². The van der Waals surface area contributed by atoms with Gasteiger partial charge in [-0.3, -0.25) is 9.59 Å². The minimum absolute atomic E-state index is 0.200. The molecule has 0 unspecified atom stereocenters. The Morgan fingerprint density at radius 1 is 1.36 bits per heavy atom. The summed E-state index contributed by atoms with van der Waals surface area (Å²) in [6, 6.07) is 1.58. The summed E-state index contributed by atoms with van der Waals surface area (Å²) < 4.78 is 0. The first-order valence-electron chi connectivity index (χ1n) is 2.73. The molecule has 11 heavy (non-hydrogen) atoms. The summed E-state index contributed by atoms with van der Waals surface area (Å²) in [5.74, 6) is -1.01. The smallest absolute Gasteiger partial charge is 0.215 e. The van der Waals surface area contributed by atoms with Gasteiger partial charge in [-0.1, -0.05) is 11.6 Å². The molecule has 0 aliphatic heterocycles. The van der Waals surface area contributed by atoms with Crippen molar-refractivity contribution in [3.63, 3.8) is 0 Å². The molecule has 4 heteroatoms. The number of carbonyl (C=O) groups is 2. The number of Topliss-reactive ketones (excluding diaryl/α,β-unsaturated/α-hetero) is 1. The number of hydrogen-bond acceptors (Lipinski definition) is 3. The van der Waals surface area contributed by atoms with Gasteiger partial charge in [0.25, 0.3) is 0 Å². The van der Waals surface area contributed by atoms with Gasteiger partial charge >= 0.3 is 0 Å². The summed E-state index contributed by atoms with van der Waals surface area (Å²) in [5, 5.41) is 8.12. The maximum absolute atomic E-state index is 10.9. The van der Waals surface area contributed by atoms with Gasteiger partial charge in [0, 0.05) is 12.2 Å². The number of nitriles is 1. The van der Waals surface area contributed by atoms with Crippen LogP contribution in [-0.2, 0) is 9.59 Å². The lowest BCUT2D eigenvalue weighted by Crippen LogP contribution is -2.09. The van der Waals surface area contributed by atoms with E-state index in [2.05, 4.69) is 0 Å². The highest BCUT2D eigenvalue weighted by molar-refractivity contribution is 6.48. The summed E-state index contributed by atoms with van der Waals surface area (Å²) in [7, 11) is 0. The Bertz CT molecular complexity index is 333. The van der Waals surface area contributed by atoms with Crippen molar-refractivity contribution in [2.45, 2.75) is 0 Å². The fourth-order valence-corrected chi connectivity index (χ4v) is 0.861. The number of allylic oxidation sites excluding steroid dienone is 4. The molecule has 0 saturated carbocycles. The monoisotopic (exact) mass is 167 g/mol. The molecule has 1 aliphatic rings. The van der Waals surface area contributed by atoms with Gasteiger partial charge in [0.05, 0.1) is 5.03 Å². The lowest BCUT2D eigenvalue weighted by Gasteiger charge is -1.99. The molecule has 1 rings (SSSR count). The van der Waals surface area contributed by atoms with Crippen LogP contribution < -0.4 is 0 Å². The van der Waals surface area contributed by atoms with Crippen molar-refractivity contribution < 1.29 is 9.59 Å². The number of carbonyl (C=O) groups excluding carboxylic acids is 2. The van der Waals surface area contributed by atoms with Gasteiger partial charge in [-0.15, -0.1) is 0 Å². The summed E-state index contributed by atoms with van der Waals surface area (Å²) >= 11 is 5.33. The van der Waals surface area contributed by atoms with Crippen molar-refractivity contribution in [1.82, 2.24) is 0 Å². The zero-order chi connectivity index (χ0) is 8.43. The maximum atomic E-state index is 10.9. The lowest BCUT2D eigenvalue weighted by atomic mass is 10.1. The van der Waals surface area contributed by atoms with E-state index in [9.17, 15) is 9.59 Å². The maximum Gasteiger partial charge on any atom is 0.215 e. The van der Waals surface area contributed by atoms with Gasteiger partial charge < -0.3 is 0 Å². The highest BCUT2D eigenvalue weighted by Gasteiger charge is 2.19. The van der Waals surface area contributed by atoms with Crippen LogP contribution in [0.4, 0.5) is 0 Å². The van der Waals surface area contributed by atoms with Gasteiger partial charge in [0.1, 0.15) is 11.6 Å². The third kappa shape index (κ3) is 1.36. The van der Waals surface area contributed by atoms with Crippen molar-refractivity contribution in [2.24, 2.45) is 0 Å². The summed E-state index contributed by atoms with van der Waals surface area (Å²) in [6.45, 7) is 0. The van der Waals surface area contributed by atoms with Crippen LogP contribution >= 0.6 is 11.6 Å². The fraction of sp³-hybridized carbons (Fsp3) is 0. The van der Waals surface area contributed by atoms with Gasteiger partial charge in [0.15, 0.2) is 5.78 Å². The molecule has 0 aromatic heterocycles. The minimum atomic E-state index is -0.589. The normalized spacial score (nSPS) is 17.1. The standard InChI is InChI=1S/C7H2ClNO2/c8-6-2-5(10)1-4(3-9)7(6)11/h1-2H. The predicted molar refractivity (Wildman–Crippen MR) is 37.6 cm³/mol. The molecule has 0 radical (unpaired) electrons. The van der Waals surface area contributed by atoms with Crippen molar-refractivity contribution in [3.8, 4) is 6.07 Å². The molecule has 0 bridgehead atoms. The van der Waals surface area contributed by atoms with E-state index in [4.69, 9.17) is 16.9 Å². The highest BCUT2D eigenvalue weighted by Crippen LogP contribution is 2.14. The average molecular weight is 168 g/mol. The van der Waals surface area contributed by atoms with E-state index in [0.29, 0.717) is 0 Å².